The van der Waals surface area contributed by atoms with Crippen LogP contribution in [0.2, 0.25) is 0 Å². The maximum absolute atomic E-state index is 13.4. The molecule has 0 aliphatic carbocycles. The number of thioether (sulfide) groups is 1. The Labute approximate surface area is 208 Å². The molecule has 1 aliphatic heterocycles. The largest absolute Gasteiger partial charge is 0.431 e. The smallest absolute Gasteiger partial charge is 0.257 e. The van der Waals surface area contributed by atoms with Crippen molar-refractivity contribution >= 4 is 34.7 Å². The van der Waals surface area contributed by atoms with Gasteiger partial charge in [0.15, 0.2) is 5.58 Å². The lowest BCUT2D eigenvalue weighted by Crippen LogP contribution is -2.46. The SMILES string of the molecule is Cc1ccccc1C(=O)NC1CCN(C(=O)c2ccccc2CSc2nc3ccccc3o2)CC1. The summed E-state index contributed by atoms with van der Waals surface area (Å²) in [5, 5.41) is 3.73. The van der Waals surface area contributed by atoms with Gasteiger partial charge in [0, 0.05) is 36.0 Å². The third kappa shape index (κ3) is 5.25. The van der Waals surface area contributed by atoms with Crippen LogP contribution in [0.3, 0.4) is 0 Å². The molecule has 2 heterocycles. The van der Waals surface area contributed by atoms with Gasteiger partial charge in [0.05, 0.1) is 0 Å². The summed E-state index contributed by atoms with van der Waals surface area (Å²) in [6.45, 7) is 3.17. The van der Waals surface area contributed by atoms with Gasteiger partial charge >= 0.3 is 0 Å². The minimum atomic E-state index is -0.0468. The standard InChI is InChI=1S/C28H27N3O3S/c1-19-8-2-4-10-22(19)26(32)29-21-14-16-31(17-15-21)27(33)23-11-5-3-9-20(23)18-35-28-30-24-12-6-7-13-25(24)34-28/h2-13,21H,14-18H2,1H3,(H,29,32). The monoisotopic (exact) mass is 485 g/mol. The van der Waals surface area contributed by atoms with Crippen LogP contribution in [0.15, 0.2) is 82.4 Å². The summed E-state index contributed by atoms with van der Waals surface area (Å²) in [6, 6.07) is 23.1. The van der Waals surface area contributed by atoms with Crippen molar-refractivity contribution in [1.29, 1.82) is 0 Å². The topological polar surface area (TPSA) is 75.4 Å². The maximum atomic E-state index is 13.4. The number of benzene rings is 3. The number of nitrogens with one attached hydrogen (secondary N) is 1. The van der Waals surface area contributed by atoms with Crippen molar-refractivity contribution in [2.75, 3.05) is 13.1 Å². The molecule has 35 heavy (non-hydrogen) atoms. The highest BCUT2D eigenvalue weighted by atomic mass is 32.2. The number of carbonyl (C=O) groups excluding carboxylic acids is 2. The summed E-state index contributed by atoms with van der Waals surface area (Å²) >= 11 is 1.49. The molecule has 6 nitrogen and oxygen atoms in total. The Hall–Kier alpha value is -3.58. The number of aryl methyl sites for hydroxylation is 1. The summed E-state index contributed by atoms with van der Waals surface area (Å²) in [5.74, 6) is 0.578. The van der Waals surface area contributed by atoms with Gasteiger partial charge < -0.3 is 14.6 Å². The van der Waals surface area contributed by atoms with Gasteiger partial charge in [-0.2, -0.15) is 0 Å². The Morgan fingerprint density at radius 2 is 1.66 bits per heavy atom. The molecule has 1 saturated heterocycles. The van der Waals surface area contributed by atoms with Crippen LogP contribution in [0, 0.1) is 6.92 Å². The zero-order chi connectivity index (χ0) is 24.2. The van der Waals surface area contributed by atoms with Crippen LogP contribution >= 0.6 is 11.8 Å². The summed E-state index contributed by atoms with van der Waals surface area (Å²) < 4.78 is 5.81. The first kappa shape index (κ1) is 23.2. The zero-order valence-corrected chi connectivity index (χ0v) is 20.4. The van der Waals surface area contributed by atoms with Crippen LogP contribution in [-0.2, 0) is 5.75 Å². The van der Waals surface area contributed by atoms with Crippen molar-refractivity contribution in [3.63, 3.8) is 0 Å². The molecule has 0 atom stereocenters. The summed E-state index contributed by atoms with van der Waals surface area (Å²) in [7, 11) is 0. The zero-order valence-electron chi connectivity index (χ0n) is 19.6. The van der Waals surface area contributed by atoms with E-state index in [-0.39, 0.29) is 17.9 Å². The first-order chi connectivity index (χ1) is 17.1. The van der Waals surface area contributed by atoms with E-state index in [0.29, 0.717) is 35.2 Å². The minimum absolute atomic E-state index is 0.0300. The number of nitrogens with zero attached hydrogens (tertiary/aromatic N) is 2. The highest BCUT2D eigenvalue weighted by Gasteiger charge is 2.26. The van der Waals surface area contributed by atoms with Gasteiger partial charge in [-0.1, -0.05) is 60.3 Å². The van der Waals surface area contributed by atoms with E-state index < -0.39 is 0 Å². The fourth-order valence-electron chi connectivity index (χ4n) is 4.40. The quantitative estimate of drug-likeness (QED) is 0.367. The maximum Gasteiger partial charge on any atom is 0.257 e. The molecule has 1 fully saturated rings. The summed E-state index contributed by atoms with van der Waals surface area (Å²) in [6.07, 6.45) is 1.48. The van der Waals surface area contributed by atoms with Crippen molar-refractivity contribution < 1.29 is 14.0 Å². The van der Waals surface area contributed by atoms with Gasteiger partial charge in [0.1, 0.15) is 5.52 Å². The fourth-order valence-corrected chi connectivity index (χ4v) is 5.24. The van der Waals surface area contributed by atoms with Gasteiger partial charge in [0.25, 0.3) is 17.0 Å². The van der Waals surface area contributed by atoms with Crippen molar-refractivity contribution in [2.45, 2.75) is 36.8 Å². The van der Waals surface area contributed by atoms with Crippen molar-refractivity contribution in [1.82, 2.24) is 15.2 Å². The number of piperidine rings is 1. The van der Waals surface area contributed by atoms with E-state index in [0.717, 1.165) is 35.1 Å². The van der Waals surface area contributed by atoms with Gasteiger partial charge in [-0.15, -0.1) is 0 Å². The number of hydrogen-bond acceptors (Lipinski definition) is 5. The number of oxazole rings is 1. The lowest BCUT2D eigenvalue weighted by atomic mass is 10.0. The third-order valence-electron chi connectivity index (χ3n) is 6.38. The molecule has 1 N–H and O–H groups in total. The number of rotatable bonds is 6. The number of para-hydroxylation sites is 2. The Bertz CT molecular complexity index is 1330. The molecule has 0 bridgehead atoms. The molecule has 4 aromatic rings. The highest BCUT2D eigenvalue weighted by molar-refractivity contribution is 7.98. The summed E-state index contributed by atoms with van der Waals surface area (Å²) in [4.78, 5) is 32.4. The normalized spacial score (nSPS) is 14.3. The molecule has 7 heteroatoms. The number of fused-ring (bicyclic) bond motifs is 1. The van der Waals surface area contributed by atoms with Gasteiger partial charge in [0.2, 0.25) is 0 Å². The number of likely N-dealkylation sites (tertiary alicyclic amines) is 1. The van der Waals surface area contributed by atoms with E-state index in [2.05, 4.69) is 10.3 Å². The molecule has 3 aromatic carbocycles. The van der Waals surface area contributed by atoms with E-state index in [1.54, 1.807) is 0 Å². The van der Waals surface area contributed by atoms with Crippen molar-refractivity contribution in [3.05, 3.63) is 95.1 Å². The van der Waals surface area contributed by atoms with Gasteiger partial charge in [-0.25, -0.2) is 4.98 Å². The third-order valence-corrected chi connectivity index (χ3v) is 7.26. The molecular weight excluding hydrogens is 458 g/mol. The number of amides is 2. The van der Waals surface area contributed by atoms with E-state index in [1.165, 1.54) is 11.8 Å². The van der Waals surface area contributed by atoms with Crippen LogP contribution in [-0.4, -0.2) is 40.8 Å². The molecule has 5 rings (SSSR count). The number of carbonyl (C=O) groups is 2. The van der Waals surface area contributed by atoms with E-state index in [9.17, 15) is 9.59 Å². The van der Waals surface area contributed by atoms with Gasteiger partial charge in [-0.3, -0.25) is 9.59 Å². The molecule has 0 saturated carbocycles. The molecule has 1 aromatic heterocycles. The predicted molar refractivity (Wildman–Crippen MR) is 138 cm³/mol. The number of hydrogen-bond donors (Lipinski definition) is 1. The number of aromatic nitrogens is 1. The lowest BCUT2D eigenvalue weighted by Gasteiger charge is -2.33. The second-order valence-electron chi connectivity index (χ2n) is 8.75. The molecule has 1 aliphatic rings. The van der Waals surface area contributed by atoms with Crippen molar-refractivity contribution in [2.24, 2.45) is 0 Å². The van der Waals surface area contributed by atoms with Gasteiger partial charge in [-0.05, 0) is 55.2 Å². The summed E-state index contributed by atoms with van der Waals surface area (Å²) in [5.41, 5.74) is 4.92. The second-order valence-corrected chi connectivity index (χ2v) is 9.67. The highest BCUT2D eigenvalue weighted by Crippen LogP contribution is 2.28. The van der Waals surface area contributed by atoms with E-state index >= 15 is 0 Å². The molecule has 0 spiro atoms. The Balaban J connectivity index is 1.19. The van der Waals surface area contributed by atoms with Crippen LogP contribution in [0.1, 0.15) is 44.7 Å². The van der Waals surface area contributed by atoms with E-state index in [4.69, 9.17) is 4.42 Å². The molecule has 0 radical (unpaired) electrons. The molecule has 2 amide bonds. The van der Waals surface area contributed by atoms with Crippen LogP contribution in [0.5, 0.6) is 0 Å². The molecule has 178 valence electrons. The Morgan fingerprint density at radius 1 is 0.971 bits per heavy atom. The molecular formula is C28H27N3O3S. The predicted octanol–water partition coefficient (Wildman–Crippen LogP) is 5.46. The Kier molecular flexibility index (Phi) is 6.86. The average molecular weight is 486 g/mol. The van der Waals surface area contributed by atoms with Crippen LogP contribution in [0.4, 0.5) is 0 Å². The average Bonchev–Trinajstić information content (AvgIpc) is 3.31. The van der Waals surface area contributed by atoms with Crippen LogP contribution < -0.4 is 5.32 Å². The first-order valence-corrected chi connectivity index (χ1v) is 12.8. The first-order valence-electron chi connectivity index (χ1n) is 11.8. The fraction of sp³-hybridized carbons (Fsp3) is 0.250. The minimum Gasteiger partial charge on any atom is -0.431 e. The van der Waals surface area contributed by atoms with Crippen molar-refractivity contribution in [3.8, 4) is 0 Å². The van der Waals surface area contributed by atoms with Crippen LogP contribution in [0.25, 0.3) is 11.1 Å². The Morgan fingerprint density at radius 3 is 2.43 bits per heavy atom. The second kappa shape index (κ2) is 10.4. The molecule has 0 unspecified atom stereocenters. The van der Waals surface area contributed by atoms with E-state index in [1.807, 2.05) is 84.6 Å². The lowest BCUT2D eigenvalue weighted by molar-refractivity contribution is 0.0697.